The highest BCUT2D eigenvalue weighted by Crippen LogP contribution is 2.32. The third kappa shape index (κ3) is 3.36. The molecule has 0 heterocycles. The van der Waals surface area contributed by atoms with E-state index in [0.717, 1.165) is 19.3 Å². The van der Waals surface area contributed by atoms with Gasteiger partial charge in [0.25, 0.3) is 0 Å². The molecule has 0 aliphatic heterocycles. The van der Waals surface area contributed by atoms with Crippen molar-refractivity contribution in [2.45, 2.75) is 44.7 Å². The molecule has 1 fully saturated rings. The lowest BCUT2D eigenvalue weighted by Gasteiger charge is -2.39. The molecule has 108 valence electrons. The van der Waals surface area contributed by atoms with Crippen LogP contribution in [0.25, 0.3) is 0 Å². The summed E-state index contributed by atoms with van der Waals surface area (Å²) in [5.41, 5.74) is 0.572. The van der Waals surface area contributed by atoms with Crippen molar-refractivity contribution < 1.29 is 9.50 Å². The molecule has 2 unspecified atom stereocenters. The van der Waals surface area contributed by atoms with Crippen LogP contribution in [0.15, 0.2) is 18.2 Å². The molecule has 4 heteroatoms. The second-order valence-electron chi connectivity index (χ2n) is 5.91. The number of hydrogen-bond acceptors (Lipinski definition) is 3. The highest BCUT2D eigenvalue weighted by Gasteiger charge is 2.33. The predicted molar refractivity (Wildman–Crippen MR) is 75.4 cm³/mol. The van der Waals surface area contributed by atoms with Crippen molar-refractivity contribution in [3.8, 4) is 6.07 Å². The maximum atomic E-state index is 13.8. The van der Waals surface area contributed by atoms with Crippen molar-refractivity contribution in [2.75, 3.05) is 6.61 Å². The highest BCUT2D eigenvalue weighted by atomic mass is 19.1. The Labute approximate surface area is 119 Å². The summed E-state index contributed by atoms with van der Waals surface area (Å²) in [4.78, 5) is 0. The smallest absolute Gasteiger partial charge is 0.129 e. The summed E-state index contributed by atoms with van der Waals surface area (Å²) in [7, 11) is 0. The van der Waals surface area contributed by atoms with E-state index in [4.69, 9.17) is 5.26 Å². The molecule has 0 aromatic heterocycles. The molecule has 1 saturated carbocycles. The Bertz CT molecular complexity index is 512. The van der Waals surface area contributed by atoms with E-state index in [1.54, 1.807) is 12.1 Å². The van der Waals surface area contributed by atoms with Crippen LogP contribution in [0, 0.1) is 23.1 Å². The fraction of sp³-hybridized carbons (Fsp3) is 0.562. The van der Waals surface area contributed by atoms with Gasteiger partial charge >= 0.3 is 0 Å². The van der Waals surface area contributed by atoms with Crippen molar-refractivity contribution >= 4 is 0 Å². The summed E-state index contributed by atoms with van der Waals surface area (Å²) in [5.74, 6) is 0.211. The third-order valence-electron chi connectivity index (χ3n) is 4.23. The summed E-state index contributed by atoms with van der Waals surface area (Å²) in [6.07, 6.45) is 4.12. The second-order valence-corrected chi connectivity index (χ2v) is 5.91. The van der Waals surface area contributed by atoms with Gasteiger partial charge in [0.05, 0.1) is 18.2 Å². The SMILES string of the molecule is CC1CCCC(CO)(NCc2ccc(C#N)cc2F)C1. The Kier molecular flexibility index (Phi) is 4.74. The molecule has 1 aromatic carbocycles. The zero-order valence-electron chi connectivity index (χ0n) is 11.8. The second kappa shape index (κ2) is 6.34. The number of hydrogen-bond donors (Lipinski definition) is 2. The van der Waals surface area contributed by atoms with Crippen LogP contribution in [0.4, 0.5) is 4.39 Å². The topological polar surface area (TPSA) is 56.0 Å². The van der Waals surface area contributed by atoms with Crippen molar-refractivity contribution in [3.63, 3.8) is 0 Å². The molecule has 0 spiro atoms. The minimum Gasteiger partial charge on any atom is -0.394 e. The van der Waals surface area contributed by atoms with E-state index in [9.17, 15) is 9.50 Å². The largest absolute Gasteiger partial charge is 0.394 e. The first-order valence-electron chi connectivity index (χ1n) is 7.13. The zero-order chi connectivity index (χ0) is 14.6. The van der Waals surface area contributed by atoms with Gasteiger partial charge in [0.2, 0.25) is 0 Å². The molecule has 0 amide bonds. The van der Waals surface area contributed by atoms with Crippen molar-refractivity contribution in [3.05, 3.63) is 35.1 Å². The maximum absolute atomic E-state index is 13.8. The summed E-state index contributed by atoms with van der Waals surface area (Å²) < 4.78 is 13.8. The number of benzene rings is 1. The maximum Gasteiger partial charge on any atom is 0.129 e. The van der Waals surface area contributed by atoms with Crippen molar-refractivity contribution in [2.24, 2.45) is 5.92 Å². The number of rotatable bonds is 4. The molecule has 0 radical (unpaired) electrons. The van der Waals surface area contributed by atoms with Gasteiger partial charge in [-0.05, 0) is 30.9 Å². The molecule has 2 atom stereocenters. The van der Waals surface area contributed by atoms with Crippen LogP contribution in [-0.4, -0.2) is 17.3 Å². The average Bonchev–Trinajstić information content (AvgIpc) is 2.46. The quantitative estimate of drug-likeness (QED) is 0.889. The molecule has 0 saturated heterocycles. The van der Waals surface area contributed by atoms with E-state index in [1.807, 2.05) is 6.07 Å². The third-order valence-corrected chi connectivity index (χ3v) is 4.23. The van der Waals surface area contributed by atoms with Gasteiger partial charge in [0.1, 0.15) is 5.82 Å². The van der Waals surface area contributed by atoms with E-state index in [-0.39, 0.29) is 18.0 Å². The lowest BCUT2D eigenvalue weighted by atomic mass is 9.77. The first kappa shape index (κ1) is 15.0. The minimum absolute atomic E-state index is 0.0786. The van der Waals surface area contributed by atoms with E-state index < -0.39 is 0 Å². The average molecular weight is 276 g/mol. The Morgan fingerprint density at radius 3 is 2.95 bits per heavy atom. The fourth-order valence-corrected chi connectivity index (χ4v) is 3.06. The minimum atomic E-state index is -0.367. The number of nitriles is 1. The molecule has 20 heavy (non-hydrogen) atoms. The van der Waals surface area contributed by atoms with Crippen LogP contribution in [-0.2, 0) is 6.54 Å². The first-order chi connectivity index (χ1) is 9.58. The van der Waals surface area contributed by atoms with Crippen LogP contribution in [0.5, 0.6) is 0 Å². The summed E-state index contributed by atoms with van der Waals surface area (Å²) in [5, 5.41) is 21.8. The van der Waals surface area contributed by atoms with Crippen molar-refractivity contribution in [1.82, 2.24) is 5.32 Å². The summed E-state index contributed by atoms with van der Waals surface area (Å²) in [6.45, 7) is 2.65. The van der Waals surface area contributed by atoms with E-state index in [0.29, 0.717) is 23.6 Å². The molecule has 3 nitrogen and oxygen atoms in total. The molecular weight excluding hydrogens is 255 g/mol. The Hall–Kier alpha value is -1.44. The number of aliphatic hydroxyl groups excluding tert-OH is 1. The van der Waals surface area contributed by atoms with Gasteiger partial charge in [0.15, 0.2) is 0 Å². The fourth-order valence-electron chi connectivity index (χ4n) is 3.06. The van der Waals surface area contributed by atoms with Gasteiger partial charge in [0, 0.05) is 17.6 Å². The monoisotopic (exact) mass is 276 g/mol. The van der Waals surface area contributed by atoms with Gasteiger partial charge in [-0.2, -0.15) is 5.26 Å². The molecule has 1 aliphatic carbocycles. The van der Waals surface area contributed by atoms with Gasteiger partial charge in [-0.15, -0.1) is 0 Å². The zero-order valence-corrected chi connectivity index (χ0v) is 11.8. The number of nitrogens with one attached hydrogen (secondary N) is 1. The Morgan fingerprint density at radius 2 is 2.35 bits per heavy atom. The molecule has 1 aromatic rings. The number of nitrogens with zero attached hydrogens (tertiary/aromatic N) is 1. The summed E-state index contributed by atoms with van der Waals surface area (Å²) in [6, 6.07) is 6.44. The Balaban J connectivity index is 2.05. The molecule has 2 N–H and O–H groups in total. The summed E-state index contributed by atoms with van der Waals surface area (Å²) >= 11 is 0. The van der Waals surface area contributed by atoms with E-state index in [1.165, 1.54) is 12.5 Å². The Morgan fingerprint density at radius 1 is 1.55 bits per heavy atom. The van der Waals surface area contributed by atoms with Crippen LogP contribution in [0.3, 0.4) is 0 Å². The van der Waals surface area contributed by atoms with Gasteiger partial charge in [-0.25, -0.2) is 4.39 Å². The molecule has 0 bridgehead atoms. The predicted octanol–water partition coefficient (Wildman–Crippen LogP) is 2.73. The molecule has 1 aliphatic rings. The lowest BCUT2D eigenvalue weighted by molar-refractivity contribution is 0.0979. The highest BCUT2D eigenvalue weighted by molar-refractivity contribution is 5.32. The normalized spacial score (nSPS) is 26.2. The van der Waals surface area contributed by atoms with Crippen LogP contribution < -0.4 is 5.32 Å². The van der Waals surface area contributed by atoms with E-state index in [2.05, 4.69) is 12.2 Å². The van der Waals surface area contributed by atoms with Crippen LogP contribution in [0.2, 0.25) is 0 Å². The van der Waals surface area contributed by atoms with Gasteiger partial charge in [-0.3, -0.25) is 0 Å². The van der Waals surface area contributed by atoms with Crippen LogP contribution >= 0.6 is 0 Å². The van der Waals surface area contributed by atoms with Gasteiger partial charge in [-0.1, -0.05) is 25.8 Å². The number of aliphatic hydroxyl groups is 1. The first-order valence-corrected chi connectivity index (χ1v) is 7.13. The van der Waals surface area contributed by atoms with Gasteiger partial charge < -0.3 is 10.4 Å². The number of halogens is 1. The van der Waals surface area contributed by atoms with E-state index >= 15 is 0 Å². The lowest BCUT2D eigenvalue weighted by Crippen LogP contribution is -2.51. The van der Waals surface area contributed by atoms with Crippen molar-refractivity contribution in [1.29, 1.82) is 5.26 Å². The molecule has 2 rings (SSSR count). The van der Waals surface area contributed by atoms with Crippen LogP contribution in [0.1, 0.15) is 43.7 Å². The standard InChI is InChI=1S/C16H21FN2O/c1-12-3-2-6-16(8-12,11-20)19-10-14-5-4-13(9-18)7-15(14)17/h4-5,7,12,19-20H,2-3,6,8,10-11H2,1H3. The molecular formula is C16H21FN2O.